The smallest absolute Gasteiger partial charge is 0.154 e. The SMILES string of the molecule is C=C/C=C1\C(=C/C)C(c2ccccc2)(c2ccccc2)c2c1cccc2-c1cccc(N)c1.C=CCC(/C=C\C)c1ccc(CN=C(N=C)c2ccccc2)cc1. The third kappa shape index (κ3) is 8.54. The fourth-order valence-corrected chi connectivity index (χ4v) is 8.02. The first-order valence-electron chi connectivity index (χ1n) is 19.5. The summed E-state index contributed by atoms with van der Waals surface area (Å²) in [6.07, 6.45) is 13.5. The van der Waals surface area contributed by atoms with E-state index in [9.17, 15) is 0 Å². The fourth-order valence-electron chi connectivity index (χ4n) is 8.02. The van der Waals surface area contributed by atoms with Crippen molar-refractivity contribution in [2.45, 2.75) is 38.1 Å². The second-order valence-electron chi connectivity index (χ2n) is 13.9. The molecule has 1 unspecified atom stereocenters. The number of nitrogen functional groups attached to an aromatic ring is 1. The summed E-state index contributed by atoms with van der Waals surface area (Å²) in [7, 11) is 0. The summed E-state index contributed by atoms with van der Waals surface area (Å²) in [5.41, 5.74) is 19.8. The molecule has 1 atom stereocenters. The number of anilines is 1. The van der Waals surface area contributed by atoms with Crippen LogP contribution in [0.1, 0.15) is 65.1 Å². The molecule has 0 aliphatic heterocycles. The van der Waals surface area contributed by atoms with E-state index in [1.807, 2.05) is 61.5 Å². The zero-order valence-electron chi connectivity index (χ0n) is 33.1. The molecule has 0 heterocycles. The van der Waals surface area contributed by atoms with Crippen LogP contribution in [0.3, 0.4) is 0 Å². The minimum absolute atomic E-state index is 0.389. The van der Waals surface area contributed by atoms with E-state index in [0.717, 1.165) is 28.8 Å². The lowest BCUT2D eigenvalue weighted by molar-refractivity contribution is 0.769. The van der Waals surface area contributed by atoms with E-state index < -0.39 is 5.41 Å². The van der Waals surface area contributed by atoms with Gasteiger partial charge in [0.15, 0.2) is 5.84 Å². The van der Waals surface area contributed by atoms with Crippen LogP contribution in [0, 0.1) is 0 Å². The highest BCUT2D eigenvalue weighted by Gasteiger charge is 2.49. The Morgan fingerprint density at radius 3 is 1.89 bits per heavy atom. The van der Waals surface area contributed by atoms with Crippen molar-refractivity contribution >= 4 is 23.8 Å². The fraction of sp³-hybridized carbons (Fsp3) is 0.111. The molecule has 3 heteroatoms. The average Bonchev–Trinajstić information content (AvgIpc) is 3.55. The van der Waals surface area contributed by atoms with Crippen molar-refractivity contribution in [1.29, 1.82) is 0 Å². The maximum atomic E-state index is 6.22. The van der Waals surface area contributed by atoms with Crippen molar-refractivity contribution in [3.8, 4) is 11.1 Å². The van der Waals surface area contributed by atoms with E-state index in [1.165, 1.54) is 44.5 Å². The number of aliphatic imine (C=N–C) groups is 2. The predicted octanol–water partition coefficient (Wildman–Crippen LogP) is 13.4. The average molecular weight is 742 g/mol. The highest BCUT2D eigenvalue weighted by Crippen LogP contribution is 2.59. The molecular weight excluding hydrogens is 691 g/mol. The molecule has 6 aromatic rings. The van der Waals surface area contributed by atoms with Gasteiger partial charge in [-0.25, -0.2) is 4.99 Å². The molecule has 6 aromatic carbocycles. The number of amidine groups is 1. The van der Waals surface area contributed by atoms with Crippen LogP contribution in [0.2, 0.25) is 0 Å². The van der Waals surface area contributed by atoms with E-state index >= 15 is 0 Å². The number of hydrogen-bond acceptors (Lipinski definition) is 2. The molecular formula is C54H51N3. The molecule has 0 amide bonds. The molecule has 57 heavy (non-hydrogen) atoms. The van der Waals surface area contributed by atoms with Crippen molar-refractivity contribution in [2.75, 3.05) is 5.73 Å². The second kappa shape index (κ2) is 19.2. The Labute approximate surface area is 339 Å². The van der Waals surface area contributed by atoms with E-state index in [-0.39, 0.29) is 0 Å². The van der Waals surface area contributed by atoms with Crippen LogP contribution in [0.5, 0.6) is 0 Å². The van der Waals surface area contributed by atoms with Crippen LogP contribution < -0.4 is 5.73 Å². The molecule has 7 rings (SSSR count). The molecule has 3 nitrogen and oxygen atoms in total. The van der Waals surface area contributed by atoms with E-state index in [2.05, 4.69) is 176 Å². The lowest BCUT2D eigenvalue weighted by atomic mass is 9.66. The third-order valence-corrected chi connectivity index (χ3v) is 10.5. The summed E-state index contributed by atoms with van der Waals surface area (Å²) in [5, 5.41) is 0. The summed E-state index contributed by atoms with van der Waals surface area (Å²) >= 11 is 0. The quantitative estimate of drug-likeness (QED) is 0.0611. The second-order valence-corrected chi connectivity index (χ2v) is 13.9. The molecule has 0 aromatic heterocycles. The number of hydrogen-bond donors (Lipinski definition) is 1. The number of nitrogens with two attached hydrogens (primary N) is 1. The van der Waals surface area contributed by atoms with Gasteiger partial charge in [-0.1, -0.05) is 189 Å². The van der Waals surface area contributed by atoms with Crippen LogP contribution in [0.25, 0.3) is 16.7 Å². The van der Waals surface area contributed by atoms with Crippen LogP contribution in [0.4, 0.5) is 5.69 Å². The van der Waals surface area contributed by atoms with Gasteiger partial charge in [-0.2, -0.15) is 0 Å². The van der Waals surface area contributed by atoms with Gasteiger partial charge in [-0.3, -0.25) is 4.99 Å². The van der Waals surface area contributed by atoms with E-state index in [4.69, 9.17) is 5.73 Å². The molecule has 0 radical (unpaired) electrons. The van der Waals surface area contributed by atoms with Gasteiger partial charge in [-0.05, 0) is 94.8 Å². The maximum Gasteiger partial charge on any atom is 0.154 e. The molecule has 1 aliphatic rings. The van der Waals surface area contributed by atoms with Crippen molar-refractivity contribution in [3.63, 3.8) is 0 Å². The molecule has 0 spiro atoms. The predicted molar refractivity (Wildman–Crippen MR) is 246 cm³/mol. The van der Waals surface area contributed by atoms with Crippen molar-refractivity contribution < 1.29 is 0 Å². The van der Waals surface area contributed by atoms with Gasteiger partial charge < -0.3 is 5.73 Å². The Bertz CT molecular complexity index is 2380. The number of allylic oxidation sites excluding steroid dienone is 8. The number of benzene rings is 6. The Kier molecular flexibility index (Phi) is 13.4. The summed E-state index contributed by atoms with van der Waals surface area (Å²) in [4.78, 5) is 8.63. The first-order valence-corrected chi connectivity index (χ1v) is 19.5. The monoisotopic (exact) mass is 741 g/mol. The van der Waals surface area contributed by atoms with Gasteiger partial charge in [-0.15, -0.1) is 6.58 Å². The molecule has 0 saturated carbocycles. The first kappa shape index (κ1) is 39.8. The maximum absolute atomic E-state index is 6.22. The van der Waals surface area contributed by atoms with Crippen LogP contribution in [0.15, 0.2) is 223 Å². The molecule has 0 fully saturated rings. The minimum atomic E-state index is -0.456. The number of rotatable bonds is 11. The van der Waals surface area contributed by atoms with Crippen molar-refractivity contribution in [1.82, 2.24) is 0 Å². The number of fused-ring (bicyclic) bond motifs is 1. The van der Waals surface area contributed by atoms with Crippen LogP contribution in [-0.2, 0) is 12.0 Å². The van der Waals surface area contributed by atoms with Gasteiger partial charge in [0, 0.05) is 17.2 Å². The lowest BCUT2D eigenvalue weighted by Crippen LogP contribution is -2.29. The molecule has 0 saturated heterocycles. The highest BCUT2D eigenvalue weighted by molar-refractivity contribution is 6.01. The topological polar surface area (TPSA) is 50.7 Å². The third-order valence-electron chi connectivity index (χ3n) is 10.5. The summed E-state index contributed by atoms with van der Waals surface area (Å²) in [6, 6.07) is 55.0. The normalized spacial score (nSPS) is 15.1. The van der Waals surface area contributed by atoms with Crippen molar-refractivity contribution in [2.24, 2.45) is 9.98 Å². The largest absolute Gasteiger partial charge is 0.399 e. The van der Waals surface area contributed by atoms with Gasteiger partial charge in [0.05, 0.1) is 12.0 Å². The minimum Gasteiger partial charge on any atom is -0.399 e. The Balaban J connectivity index is 0.000000204. The Morgan fingerprint density at radius 2 is 1.33 bits per heavy atom. The standard InChI is InChI=1S/C32H27N.C22H24N2/c1-3-13-28-29-21-12-20-27(23-14-11-19-26(33)22-23)31(29)32(30(28)4-2,24-15-7-5-8-16-24)25-17-9-6-10-18-25;1-4-9-19(10-5-2)20-15-13-18(14-16-20)17-24-22(23-3)21-11-7-6-8-12-21/h3-22H,1,33H2,2H3;4-8,10-16,19H,1,3,9,17H2,2H3/b28-13-,30-4+;10-5-,24-22?. The highest BCUT2D eigenvalue weighted by atomic mass is 14.9. The Morgan fingerprint density at radius 1 is 0.719 bits per heavy atom. The van der Waals surface area contributed by atoms with E-state index in [1.54, 1.807) is 0 Å². The van der Waals surface area contributed by atoms with Gasteiger partial charge in [0.2, 0.25) is 0 Å². The van der Waals surface area contributed by atoms with Crippen LogP contribution >= 0.6 is 0 Å². The van der Waals surface area contributed by atoms with E-state index in [0.29, 0.717) is 18.3 Å². The van der Waals surface area contributed by atoms with Crippen LogP contribution in [-0.4, -0.2) is 12.6 Å². The molecule has 2 N–H and O–H groups in total. The first-order chi connectivity index (χ1) is 28.0. The molecule has 282 valence electrons. The van der Waals surface area contributed by atoms with Gasteiger partial charge in [0.1, 0.15) is 0 Å². The molecule has 1 aliphatic carbocycles. The zero-order valence-corrected chi connectivity index (χ0v) is 33.1. The summed E-state index contributed by atoms with van der Waals surface area (Å²) < 4.78 is 0. The zero-order chi connectivity index (χ0) is 40.0. The number of nitrogens with zero attached hydrogens (tertiary/aromatic N) is 2. The van der Waals surface area contributed by atoms with Crippen molar-refractivity contribution in [3.05, 3.63) is 252 Å². The molecule has 0 bridgehead atoms. The summed E-state index contributed by atoms with van der Waals surface area (Å²) in [6.45, 7) is 16.3. The lowest BCUT2D eigenvalue weighted by Gasteiger charge is -2.35. The Hall–Kier alpha value is -6.84. The summed E-state index contributed by atoms with van der Waals surface area (Å²) in [5.74, 6) is 1.07. The van der Waals surface area contributed by atoms with Gasteiger partial charge in [0.25, 0.3) is 0 Å². The van der Waals surface area contributed by atoms with Gasteiger partial charge >= 0.3 is 0 Å².